The first-order valence-electron chi connectivity index (χ1n) is 47.8. The minimum Gasteiger partial charge on any atom is -1.00 e. The van der Waals surface area contributed by atoms with E-state index in [9.17, 15) is 29.7 Å². The Balaban J connectivity index is 0.000000132. The number of aryl methyl sites for hydroxylation is 1. The van der Waals surface area contributed by atoms with Crippen molar-refractivity contribution in [1.82, 2.24) is 0 Å². The van der Waals surface area contributed by atoms with Gasteiger partial charge in [0.1, 0.15) is 27.2 Å². The topological polar surface area (TPSA) is 169 Å². The second-order valence-corrected chi connectivity index (χ2v) is 40.3. The lowest BCUT2D eigenvalue weighted by Gasteiger charge is -2.32. The molecule has 0 spiro atoms. The molecule has 8 heterocycles. The number of allylic oxidation sites excluding steroid dienone is 21. The van der Waals surface area contributed by atoms with Crippen molar-refractivity contribution in [2.45, 2.75) is 195 Å². The van der Waals surface area contributed by atoms with Gasteiger partial charge in [-0.15, -0.1) is 0 Å². The molecule has 0 saturated carbocycles. The summed E-state index contributed by atoms with van der Waals surface area (Å²) in [4.78, 5) is 47.6. The van der Waals surface area contributed by atoms with Crippen LogP contribution in [0.3, 0.4) is 0 Å². The molecule has 0 amide bonds. The number of hydrogen-bond acceptors (Lipinski definition) is 12. The first-order chi connectivity index (χ1) is 64.5. The molecular formula is C118H124ClIN8O8. The Morgan fingerprint density at radius 3 is 1.35 bits per heavy atom. The summed E-state index contributed by atoms with van der Waals surface area (Å²) in [6, 6.07) is 66.0. The monoisotopic (exact) mass is 1940 g/mol. The molecule has 0 unspecified atom stereocenters. The van der Waals surface area contributed by atoms with Crippen LogP contribution in [0.2, 0.25) is 0 Å². The van der Waals surface area contributed by atoms with Crippen molar-refractivity contribution in [3.8, 4) is 5.75 Å². The SMILES string of the molecule is CCCCN1C(=CC=C2CCCC(C=CC3=[N+](CCCC)c4ccccc4C3(C)C)=C2Cl)C(C)(C)c2ccccc21.CCN1/C(=C/C2=C([O-])C(=C/c3oc4ccccc4[n+]3CC)/C2=O)Oc2ccccc21.CN1/C(=C/C2=C([O-])C(=C/C3=[N+](C)c4ccccc4C3(C)C)/C2=O)C(C)(C)c2ccccc21.CN1/C(=C/C2=C([O-])C(=C/C3=[N+](C)c4ccccc4C3(C)C)/C2=O)C(C)(C)c2ccccc21.[I-]. The number of Topliss-reactive ketones (excluding diaryl/α,β-unsaturated/α-hetero) is 3. The predicted molar refractivity (Wildman–Crippen MR) is 541 cm³/mol. The Hall–Kier alpha value is -12.7. The lowest BCUT2D eigenvalue weighted by molar-refractivity contribution is -0.674. The van der Waals surface area contributed by atoms with E-state index in [1.807, 2.05) is 149 Å². The summed E-state index contributed by atoms with van der Waals surface area (Å²) in [5.41, 5.74) is 26.7. The molecule has 4 aliphatic carbocycles. The normalized spacial score (nSPS) is 21.4. The fourth-order valence-corrected chi connectivity index (χ4v) is 22.2. The zero-order valence-corrected chi connectivity index (χ0v) is 85.0. The first-order valence-corrected chi connectivity index (χ1v) is 48.2. The fourth-order valence-electron chi connectivity index (χ4n) is 21.9. The smallest absolute Gasteiger partial charge is 0.374 e. The number of ether oxygens (including phenoxy) is 1. The molecule has 698 valence electrons. The molecule has 20 rings (SSSR count). The van der Waals surface area contributed by atoms with Gasteiger partial charge in [0.25, 0.3) is 5.52 Å². The highest BCUT2D eigenvalue weighted by Gasteiger charge is 2.50. The summed E-state index contributed by atoms with van der Waals surface area (Å²) >= 11 is 7.17. The first kappa shape index (κ1) is 96.4. The molecule has 0 atom stereocenters. The zero-order chi connectivity index (χ0) is 96.0. The fraction of sp³-hybridized carbons (Fsp3) is 0.314. The van der Waals surface area contributed by atoms with E-state index in [1.165, 1.54) is 105 Å². The average Bonchev–Trinajstić information content (AvgIpc) is 1.55. The van der Waals surface area contributed by atoms with E-state index in [0.29, 0.717) is 36.2 Å². The third-order valence-corrected chi connectivity index (χ3v) is 30.2. The molecule has 0 fully saturated rings. The van der Waals surface area contributed by atoms with Crippen LogP contribution < -0.4 is 68.2 Å². The lowest BCUT2D eigenvalue weighted by Crippen LogP contribution is -3.00. The maximum atomic E-state index is 13.1. The van der Waals surface area contributed by atoms with Gasteiger partial charge < -0.3 is 68.0 Å². The Labute approximate surface area is 824 Å². The highest BCUT2D eigenvalue weighted by molar-refractivity contribution is 6.33. The average molecular weight is 1940 g/mol. The number of carbonyl (C=O) groups is 3. The molecule has 11 aliphatic rings. The number of nitrogens with zero attached hydrogens (tertiary/aromatic N) is 8. The third kappa shape index (κ3) is 16.4. The van der Waals surface area contributed by atoms with Gasteiger partial charge in [-0.05, 0) is 164 Å². The molecule has 1 aromatic heterocycles. The Bertz CT molecular complexity index is 6830. The van der Waals surface area contributed by atoms with Crippen molar-refractivity contribution < 1.29 is 81.1 Å². The molecule has 7 aliphatic heterocycles. The van der Waals surface area contributed by atoms with Gasteiger partial charge in [0.05, 0.1) is 28.0 Å². The van der Waals surface area contributed by atoms with Gasteiger partial charge in [-0.2, -0.15) is 18.3 Å². The van der Waals surface area contributed by atoms with Crippen molar-refractivity contribution in [2.75, 3.05) is 67.4 Å². The minimum absolute atomic E-state index is 0. The van der Waals surface area contributed by atoms with Crippen molar-refractivity contribution in [2.24, 2.45) is 0 Å². The van der Waals surface area contributed by atoms with Crippen LogP contribution in [0.1, 0.15) is 195 Å². The van der Waals surface area contributed by atoms with E-state index >= 15 is 0 Å². The van der Waals surface area contributed by atoms with Crippen molar-refractivity contribution in [3.05, 3.63) is 378 Å². The van der Waals surface area contributed by atoms with Gasteiger partial charge in [-0.3, -0.25) is 14.4 Å². The van der Waals surface area contributed by atoms with Gasteiger partial charge in [-0.1, -0.05) is 243 Å². The standard InChI is InChI=1S/C38H48ClN2.2C28H28N2O2.C24H20N2O4.HI/c1-7-9-26-40-32-20-13-11-18-30(32)37(3,4)34(40)24-22-28-16-15-17-29(36(28)39)23-25-35-38(5,6)31-19-12-14-21-33(31)41(35)27-10-8-2;2*1-27(2)19-11-7-9-13-21(19)29(5)23(27)15-17-25(31)18(26(17)32)16-24-28(3,4)20-12-8-10-14-22(20)30(24)6;1-3-25-17-9-5-7-11-19(17)29-21(25)13-15-23(27)16(24(15)28)14-22-26(4-2)18-10-6-8-12-20(18)30-22;/h11-14,18-25H,7-10,15-17,26-27H2,1-6H3;2*7-16H,1-6H3;5-14H,3-4H2,1-2H3;1H/q+1;;;;/p-1. The van der Waals surface area contributed by atoms with Crippen LogP contribution in [0, 0.1) is 0 Å². The Morgan fingerprint density at radius 1 is 0.434 bits per heavy atom. The number of aromatic nitrogens is 1. The van der Waals surface area contributed by atoms with Crippen molar-refractivity contribution >= 4 is 103 Å². The van der Waals surface area contributed by atoms with Crippen LogP contribution in [0.5, 0.6) is 5.75 Å². The molecule has 0 bridgehead atoms. The van der Waals surface area contributed by atoms with Crippen molar-refractivity contribution in [1.29, 1.82) is 0 Å². The van der Waals surface area contributed by atoms with E-state index in [-0.39, 0.29) is 125 Å². The number of anilines is 4. The van der Waals surface area contributed by atoms with E-state index in [2.05, 4.69) is 247 Å². The number of hydrogen-bond donors (Lipinski definition) is 0. The van der Waals surface area contributed by atoms with Crippen LogP contribution in [-0.2, 0) is 53.4 Å². The largest absolute Gasteiger partial charge is 1.00 e. The van der Waals surface area contributed by atoms with E-state index in [1.54, 1.807) is 24.3 Å². The number of halogens is 2. The molecule has 136 heavy (non-hydrogen) atoms. The van der Waals surface area contributed by atoms with Crippen LogP contribution in [-0.4, -0.2) is 96.0 Å². The summed E-state index contributed by atoms with van der Waals surface area (Å²) in [5.74, 6) is 0.407. The number of likely N-dealkylation sites (N-methyl/N-ethyl adjacent to an activating group) is 2. The van der Waals surface area contributed by atoms with E-state index in [0.717, 1.165) is 94.2 Å². The summed E-state index contributed by atoms with van der Waals surface area (Å²) < 4.78 is 20.4. The van der Waals surface area contributed by atoms with Crippen LogP contribution >= 0.6 is 11.6 Å². The molecular weight excluding hydrogens is 1820 g/mol. The molecule has 18 heteroatoms. The number of fused-ring (bicyclic) bond motifs is 8. The summed E-state index contributed by atoms with van der Waals surface area (Å²) in [6.45, 7) is 38.5. The number of ketones is 3. The second-order valence-electron chi connectivity index (χ2n) is 39.9. The zero-order valence-electron chi connectivity index (χ0n) is 82.1. The Kier molecular flexibility index (Phi) is 26.5. The number of unbranched alkanes of at least 4 members (excludes halogenated alkanes) is 2. The maximum Gasteiger partial charge on any atom is 0.374 e. The molecule has 0 radical (unpaired) electrons. The van der Waals surface area contributed by atoms with Gasteiger partial charge in [0.15, 0.2) is 40.2 Å². The summed E-state index contributed by atoms with van der Waals surface area (Å²) in [5, 5.41) is 39.9. The van der Waals surface area contributed by atoms with Gasteiger partial charge in [0.2, 0.25) is 28.5 Å². The highest BCUT2D eigenvalue weighted by atomic mass is 127. The second kappa shape index (κ2) is 37.4. The molecule has 0 N–H and O–H groups in total. The number of carbonyl (C=O) groups excluding carboxylic acids is 3. The molecule has 9 aromatic rings. The predicted octanol–water partition coefficient (Wildman–Crippen LogP) is 18.8. The molecule has 0 saturated heterocycles. The third-order valence-electron chi connectivity index (χ3n) is 29.7. The van der Waals surface area contributed by atoms with Crippen molar-refractivity contribution in [3.63, 3.8) is 0 Å². The summed E-state index contributed by atoms with van der Waals surface area (Å²) in [6.07, 6.45) is 27.5. The van der Waals surface area contributed by atoms with Gasteiger partial charge in [-0.25, -0.2) is 0 Å². The minimum atomic E-state index is -0.300. The van der Waals surface area contributed by atoms with Gasteiger partial charge in [0, 0.05) is 188 Å². The molecule has 8 aromatic carbocycles. The van der Waals surface area contributed by atoms with E-state index < -0.39 is 0 Å². The highest BCUT2D eigenvalue weighted by Crippen LogP contribution is 2.54. The van der Waals surface area contributed by atoms with E-state index in [4.69, 9.17) is 20.8 Å². The number of para-hydroxylation sites is 10. The van der Waals surface area contributed by atoms with Gasteiger partial charge >= 0.3 is 5.89 Å². The lowest BCUT2D eigenvalue weighted by atomic mass is 9.77. The maximum absolute atomic E-state index is 13.1. The van der Waals surface area contributed by atoms with Crippen LogP contribution in [0.4, 0.5) is 39.8 Å². The Morgan fingerprint density at radius 2 is 0.860 bits per heavy atom. The van der Waals surface area contributed by atoms with Crippen LogP contribution in [0.25, 0.3) is 17.2 Å². The quantitative estimate of drug-likeness (QED) is 0.0481. The summed E-state index contributed by atoms with van der Waals surface area (Å²) in [7, 11) is 7.97. The number of rotatable bonds is 17. The number of benzene rings is 8. The molecule has 16 nitrogen and oxygen atoms in total. The number of oxazole rings is 1. The van der Waals surface area contributed by atoms with Crippen LogP contribution in [0.15, 0.2) is 343 Å².